The number of nitrogens with one attached hydrogen (secondary N) is 1. The van der Waals surface area contributed by atoms with Crippen LogP contribution in [-0.4, -0.2) is 24.8 Å². The average molecular weight is 458 g/mol. The molecule has 1 fully saturated rings. The molecule has 2 aromatic rings. The molecule has 1 aliphatic heterocycles. The van der Waals surface area contributed by atoms with Crippen molar-refractivity contribution in [3.05, 3.63) is 55.9 Å². The summed E-state index contributed by atoms with van der Waals surface area (Å²) in [6, 6.07) is 8.49. The Morgan fingerprint density at radius 3 is 2.68 bits per heavy atom. The zero-order valence-electron chi connectivity index (χ0n) is 14.9. The zero-order chi connectivity index (χ0) is 20.3. The van der Waals surface area contributed by atoms with Crippen LogP contribution < -0.4 is 14.8 Å². The van der Waals surface area contributed by atoms with Gasteiger partial charge in [0.25, 0.3) is 5.91 Å². The molecule has 28 heavy (non-hydrogen) atoms. The maximum Gasteiger partial charge on any atom is 0.264 e. The molecule has 1 amide bonds. The van der Waals surface area contributed by atoms with Crippen molar-refractivity contribution in [2.24, 2.45) is 4.99 Å². The normalized spacial score (nSPS) is 16.5. The van der Waals surface area contributed by atoms with Gasteiger partial charge in [0.2, 0.25) is 0 Å². The number of methoxy groups -OCH3 is 1. The van der Waals surface area contributed by atoms with Crippen molar-refractivity contribution in [1.82, 2.24) is 5.32 Å². The molecule has 0 unspecified atom stereocenters. The first-order valence-electron chi connectivity index (χ1n) is 8.16. The maximum absolute atomic E-state index is 12.3. The van der Waals surface area contributed by atoms with E-state index in [0.717, 1.165) is 0 Å². The van der Waals surface area contributed by atoms with E-state index in [1.54, 1.807) is 43.5 Å². The van der Waals surface area contributed by atoms with E-state index in [0.29, 0.717) is 54.5 Å². The Hall–Kier alpha value is -1.86. The van der Waals surface area contributed by atoms with Crippen molar-refractivity contribution < 1.29 is 14.3 Å². The van der Waals surface area contributed by atoms with Gasteiger partial charge in [-0.1, -0.05) is 40.9 Å². The van der Waals surface area contributed by atoms with Gasteiger partial charge in [0, 0.05) is 6.07 Å². The van der Waals surface area contributed by atoms with Gasteiger partial charge < -0.3 is 14.8 Å². The molecule has 0 spiro atoms. The number of benzene rings is 2. The molecular formula is C19H15Cl3N2O3S. The predicted octanol–water partition coefficient (Wildman–Crippen LogP) is 5.95. The van der Waals surface area contributed by atoms with Gasteiger partial charge in [-0.2, -0.15) is 0 Å². The fraction of sp³-hybridized carbons (Fsp3) is 0.158. The van der Waals surface area contributed by atoms with Crippen LogP contribution in [0.2, 0.25) is 15.1 Å². The fourth-order valence-corrected chi connectivity index (χ4v) is 3.77. The molecule has 1 aliphatic rings. The molecule has 0 saturated carbocycles. The molecule has 146 valence electrons. The van der Waals surface area contributed by atoms with E-state index >= 15 is 0 Å². The molecule has 9 heteroatoms. The van der Waals surface area contributed by atoms with Crippen LogP contribution in [0, 0.1) is 0 Å². The Morgan fingerprint density at radius 1 is 1.18 bits per heavy atom. The SMILES string of the molecule is CCOc1cc(Cl)c(/C=C2/SC(=Nc3cccc(Cl)c3Cl)NC2=O)cc1OC. The summed E-state index contributed by atoms with van der Waals surface area (Å²) >= 11 is 19.7. The third-order valence-corrected chi connectivity index (χ3v) is 5.72. The molecule has 3 rings (SSSR count). The average Bonchev–Trinajstić information content (AvgIpc) is 3.00. The number of carbonyl (C=O) groups excluding carboxylic acids is 1. The maximum atomic E-state index is 12.3. The van der Waals surface area contributed by atoms with Crippen molar-refractivity contribution >= 4 is 69.4 Å². The highest BCUT2D eigenvalue weighted by atomic mass is 35.5. The molecule has 1 heterocycles. The van der Waals surface area contributed by atoms with E-state index in [1.165, 1.54) is 11.8 Å². The number of hydrogen-bond acceptors (Lipinski definition) is 5. The minimum atomic E-state index is -0.286. The predicted molar refractivity (Wildman–Crippen MR) is 116 cm³/mol. The van der Waals surface area contributed by atoms with E-state index in [1.807, 2.05) is 6.92 Å². The van der Waals surface area contributed by atoms with Crippen molar-refractivity contribution in [2.75, 3.05) is 13.7 Å². The summed E-state index contributed by atoms with van der Waals surface area (Å²) in [5.41, 5.74) is 1.10. The van der Waals surface area contributed by atoms with Gasteiger partial charge in [0.1, 0.15) is 0 Å². The first kappa shape index (κ1) is 20.9. The van der Waals surface area contributed by atoms with Gasteiger partial charge in [-0.3, -0.25) is 4.79 Å². The summed E-state index contributed by atoms with van der Waals surface area (Å²) in [6.07, 6.45) is 1.67. The lowest BCUT2D eigenvalue weighted by atomic mass is 10.2. The summed E-state index contributed by atoms with van der Waals surface area (Å²) in [4.78, 5) is 17.1. The number of carbonyl (C=O) groups is 1. The lowest BCUT2D eigenvalue weighted by Gasteiger charge is -2.11. The zero-order valence-corrected chi connectivity index (χ0v) is 18.0. The van der Waals surface area contributed by atoms with Crippen molar-refractivity contribution in [2.45, 2.75) is 6.92 Å². The monoisotopic (exact) mass is 456 g/mol. The van der Waals surface area contributed by atoms with E-state index in [9.17, 15) is 4.79 Å². The third-order valence-electron chi connectivity index (χ3n) is 3.67. The molecule has 1 saturated heterocycles. The number of amides is 1. The number of amidine groups is 1. The van der Waals surface area contributed by atoms with Crippen LogP contribution in [0.4, 0.5) is 5.69 Å². The Labute approximate surface area is 181 Å². The van der Waals surface area contributed by atoms with Gasteiger partial charge in [-0.05, 0) is 48.5 Å². The van der Waals surface area contributed by atoms with Gasteiger partial charge in [0.15, 0.2) is 16.7 Å². The topological polar surface area (TPSA) is 59.9 Å². The number of hydrogen-bond donors (Lipinski definition) is 1. The second kappa shape index (κ2) is 9.09. The van der Waals surface area contributed by atoms with Gasteiger partial charge >= 0.3 is 0 Å². The van der Waals surface area contributed by atoms with Crippen LogP contribution in [-0.2, 0) is 4.79 Å². The quantitative estimate of drug-likeness (QED) is 0.564. The smallest absolute Gasteiger partial charge is 0.264 e. The second-order valence-electron chi connectivity index (χ2n) is 5.51. The number of halogens is 3. The summed E-state index contributed by atoms with van der Waals surface area (Å²) in [5.74, 6) is 0.783. The first-order valence-corrected chi connectivity index (χ1v) is 10.1. The van der Waals surface area contributed by atoms with Gasteiger partial charge in [-0.25, -0.2) is 4.99 Å². The first-order chi connectivity index (χ1) is 13.4. The standard InChI is InChI=1S/C19H15Cl3N2O3S/c1-3-27-15-9-12(21)10(7-14(15)26-2)8-16-18(25)24-19(28-16)23-13-6-4-5-11(20)17(13)22/h4-9H,3H2,1-2H3,(H,23,24,25)/b16-8+. The minimum absolute atomic E-state index is 0.286. The van der Waals surface area contributed by atoms with E-state index in [2.05, 4.69) is 10.3 Å². The van der Waals surface area contributed by atoms with Crippen LogP contribution in [0.3, 0.4) is 0 Å². The Kier molecular flexibility index (Phi) is 6.78. The highest BCUT2D eigenvalue weighted by molar-refractivity contribution is 8.18. The number of thioether (sulfide) groups is 1. The molecule has 0 aliphatic carbocycles. The molecule has 2 aromatic carbocycles. The van der Waals surface area contributed by atoms with Crippen LogP contribution in [0.15, 0.2) is 40.2 Å². The molecule has 0 radical (unpaired) electrons. The van der Waals surface area contributed by atoms with Crippen LogP contribution in [0.25, 0.3) is 6.08 Å². The van der Waals surface area contributed by atoms with E-state index in [-0.39, 0.29) is 5.91 Å². The highest BCUT2D eigenvalue weighted by Gasteiger charge is 2.25. The molecule has 1 N–H and O–H groups in total. The van der Waals surface area contributed by atoms with Crippen LogP contribution in [0.5, 0.6) is 11.5 Å². The number of rotatable bonds is 5. The van der Waals surface area contributed by atoms with Crippen molar-refractivity contribution in [3.8, 4) is 11.5 Å². The number of ether oxygens (including phenoxy) is 2. The second-order valence-corrected chi connectivity index (χ2v) is 7.74. The number of nitrogens with zero attached hydrogens (tertiary/aromatic N) is 1. The summed E-state index contributed by atoms with van der Waals surface area (Å²) in [5, 5.41) is 4.25. The molecule has 5 nitrogen and oxygen atoms in total. The molecular weight excluding hydrogens is 443 g/mol. The lowest BCUT2D eigenvalue weighted by molar-refractivity contribution is -0.115. The Bertz CT molecular complexity index is 993. The van der Waals surface area contributed by atoms with E-state index in [4.69, 9.17) is 44.3 Å². The molecule has 0 bridgehead atoms. The molecule has 0 aromatic heterocycles. The summed E-state index contributed by atoms with van der Waals surface area (Å²) in [7, 11) is 1.54. The van der Waals surface area contributed by atoms with Crippen LogP contribution >= 0.6 is 46.6 Å². The lowest BCUT2D eigenvalue weighted by Crippen LogP contribution is -2.19. The van der Waals surface area contributed by atoms with Crippen molar-refractivity contribution in [3.63, 3.8) is 0 Å². The minimum Gasteiger partial charge on any atom is -0.493 e. The third kappa shape index (κ3) is 4.58. The summed E-state index contributed by atoms with van der Waals surface area (Å²) < 4.78 is 10.8. The fourth-order valence-electron chi connectivity index (χ4n) is 2.40. The largest absolute Gasteiger partial charge is 0.493 e. The van der Waals surface area contributed by atoms with Crippen LogP contribution in [0.1, 0.15) is 12.5 Å². The van der Waals surface area contributed by atoms with Gasteiger partial charge in [0.05, 0.1) is 39.4 Å². The van der Waals surface area contributed by atoms with E-state index < -0.39 is 0 Å². The highest BCUT2D eigenvalue weighted by Crippen LogP contribution is 2.37. The Morgan fingerprint density at radius 2 is 1.96 bits per heavy atom. The number of aliphatic imine (C=N–C) groups is 1. The summed E-state index contributed by atoms with van der Waals surface area (Å²) in [6.45, 7) is 2.35. The molecule has 0 atom stereocenters. The van der Waals surface area contributed by atoms with Crippen molar-refractivity contribution in [1.29, 1.82) is 0 Å². The van der Waals surface area contributed by atoms with Gasteiger partial charge in [-0.15, -0.1) is 0 Å². The Balaban J connectivity index is 1.91.